The molecule has 0 heterocycles. The molecule has 1 aromatic rings. The van der Waals surface area contributed by atoms with Crippen molar-refractivity contribution in [3.63, 3.8) is 0 Å². The molecule has 2 rings (SSSR count). The maximum Gasteiger partial charge on any atom is 0.252 e. The maximum absolute atomic E-state index is 12.3. The lowest BCUT2D eigenvalue weighted by molar-refractivity contribution is 0.0942. The summed E-state index contributed by atoms with van der Waals surface area (Å²) in [5.74, 6) is 0.0479. The van der Waals surface area contributed by atoms with E-state index in [9.17, 15) is 4.79 Å². The second-order valence-corrected chi connectivity index (χ2v) is 7.37. The minimum Gasteiger partial charge on any atom is -0.348 e. The van der Waals surface area contributed by atoms with Gasteiger partial charge in [-0.15, -0.1) is 0 Å². The second kappa shape index (κ2) is 4.22. The third-order valence-corrected chi connectivity index (χ3v) is 6.16. The molecule has 0 unspecified atom stereocenters. The molecule has 0 atom stereocenters. The molecule has 1 aliphatic rings. The van der Waals surface area contributed by atoms with Crippen LogP contribution < -0.4 is 5.32 Å². The fraction of sp³-hybridized carbons (Fsp3) is 0.533. The highest BCUT2D eigenvalue weighted by Crippen LogP contribution is 2.62. The lowest BCUT2D eigenvalue weighted by Crippen LogP contribution is -2.30. The van der Waals surface area contributed by atoms with Gasteiger partial charge in [0.1, 0.15) is 0 Å². The summed E-state index contributed by atoms with van der Waals surface area (Å²) in [7, 11) is 0. The number of halogens is 1. The molecule has 0 saturated heterocycles. The summed E-state index contributed by atoms with van der Waals surface area (Å²) in [5, 5.41) is 3.18. The van der Waals surface area contributed by atoms with Crippen LogP contribution in [-0.2, 0) is 0 Å². The van der Waals surface area contributed by atoms with Crippen LogP contribution in [0.15, 0.2) is 18.2 Å². The van der Waals surface area contributed by atoms with Crippen molar-refractivity contribution in [3.8, 4) is 0 Å². The molecule has 0 bridgehead atoms. The van der Waals surface area contributed by atoms with Crippen LogP contribution in [0.3, 0.4) is 0 Å². The monoisotopic (exact) mass is 357 g/mol. The Bertz CT molecular complexity index is 491. The summed E-state index contributed by atoms with van der Waals surface area (Å²) in [5.41, 5.74) is 2.29. The summed E-state index contributed by atoms with van der Waals surface area (Å²) in [4.78, 5) is 12.3. The van der Waals surface area contributed by atoms with Crippen LogP contribution >= 0.6 is 22.6 Å². The van der Waals surface area contributed by atoms with Crippen LogP contribution in [0.2, 0.25) is 0 Å². The number of benzene rings is 1. The highest BCUT2D eigenvalue weighted by molar-refractivity contribution is 14.1. The maximum atomic E-state index is 12.3. The first-order chi connectivity index (χ1) is 8.19. The number of rotatable bonds is 2. The normalized spacial score (nSPS) is 20.6. The van der Waals surface area contributed by atoms with Gasteiger partial charge in [0.2, 0.25) is 0 Å². The molecule has 18 heavy (non-hydrogen) atoms. The van der Waals surface area contributed by atoms with Crippen LogP contribution in [0.25, 0.3) is 0 Å². The largest absolute Gasteiger partial charge is 0.348 e. The zero-order valence-corrected chi connectivity index (χ0v) is 13.8. The van der Waals surface area contributed by atoms with Gasteiger partial charge < -0.3 is 5.32 Å². The Labute approximate surface area is 123 Å². The quantitative estimate of drug-likeness (QED) is 0.803. The fourth-order valence-electron chi connectivity index (χ4n) is 2.59. The Morgan fingerprint density at radius 2 is 1.78 bits per heavy atom. The van der Waals surface area contributed by atoms with Crippen LogP contribution in [-0.4, -0.2) is 11.9 Å². The van der Waals surface area contributed by atoms with Crippen LogP contribution in [0.1, 0.15) is 43.6 Å². The van der Waals surface area contributed by atoms with Crippen molar-refractivity contribution >= 4 is 28.5 Å². The Morgan fingerprint density at radius 1 is 1.22 bits per heavy atom. The molecule has 0 aromatic heterocycles. The van der Waals surface area contributed by atoms with E-state index in [-0.39, 0.29) is 22.8 Å². The predicted octanol–water partition coefficient (Wildman–Crippen LogP) is 3.76. The lowest BCUT2D eigenvalue weighted by Gasteiger charge is -2.09. The van der Waals surface area contributed by atoms with E-state index in [0.717, 1.165) is 14.7 Å². The van der Waals surface area contributed by atoms with E-state index in [0.29, 0.717) is 0 Å². The number of carbonyl (C=O) groups is 1. The molecule has 1 aromatic carbocycles. The van der Waals surface area contributed by atoms with E-state index in [1.807, 2.05) is 25.1 Å². The van der Waals surface area contributed by atoms with Crippen molar-refractivity contribution in [1.29, 1.82) is 0 Å². The van der Waals surface area contributed by atoms with Gasteiger partial charge in [0.25, 0.3) is 5.91 Å². The summed E-state index contributed by atoms with van der Waals surface area (Å²) in [6.45, 7) is 10.9. The first kappa shape index (κ1) is 13.8. The Balaban J connectivity index is 2.18. The van der Waals surface area contributed by atoms with Crippen molar-refractivity contribution < 1.29 is 4.79 Å². The van der Waals surface area contributed by atoms with Crippen LogP contribution in [0, 0.1) is 21.3 Å². The number of carbonyl (C=O) groups excluding carboxylic acids is 1. The Kier molecular flexibility index (Phi) is 3.24. The zero-order valence-electron chi connectivity index (χ0n) is 11.6. The van der Waals surface area contributed by atoms with Gasteiger partial charge in [-0.3, -0.25) is 4.79 Å². The molecule has 3 heteroatoms. The van der Waals surface area contributed by atoms with E-state index < -0.39 is 0 Å². The van der Waals surface area contributed by atoms with Crippen molar-refractivity contribution in [2.24, 2.45) is 10.8 Å². The van der Waals surface area contributed by atoms with Gasteiger partial charge in [-0.05, 0) is 52.0 Å². The van der Waals surface area contributed by atoms with Crippen LogP contribution in [0.5, 0.6) is 0 Å². The highest BCUT2D eigenvalue weighted by Gasteiger charge is 2.65. The van der Waals surface area contributed by atoms with Crippen molar-refractivity contribution in [2.45, 2.75) is 40.7 Å². The molecule has 0 radical (unpaired) electrons. The van der Waals surface area contributed by atoms with Gasteiger partial charge in [0, 0.05) is 9.61 Å². The van der Waals surface area contributed by atoms with E-state index in [1.54, 1.807) is 0 Å². The first-order valence-corrected chi connectivity index (χ1v) is 7.33. The number of amides is 1. The minimum atomic E-state index is 0.0479. The van der Waals surface area contributed by atoms with Crippen molar-refractivity contribution in [1.82, 2.24) is 5.32 Å². The number of hydrogen-bond donors (Lipinski definition) is 1. The third kappa shape index (κ3) is 1.96. The number of aryl methyl sites for hydroxylation is 1. The van der Waals surface area contributed by atoms with Crippen molar-refractivity contribution in [2.75, 3.05) is 0 Å². The molecule has 1 fully saturated rings. The highest BCUT2D eigenvalue weighted by atomic mass is 127. The zero-order chi connectivity index (χ0) is 13.7. The fourth-order valence-corrected chi connectivity index (χ4v) is 3.19. The summed E-state index contributed by atoms with van der Waals surface area (Å²) in [6, 6.07) is 6.12. The van der Waals surface area contributed by atoms with Gasteiger partial charge in [0.05, 0.1) is 5.56 Å². The van der Waals surface area contributed by atoms with Gasteiger partial charge in [-0.2, -0.15) is 0 Å². The first-order valence-electron chi connectivity index (χ1n) is 6.25. The molecule has 1 aliphatic carbocycles. The Morgan fingerprint density at radius 3 is 2.28 bits per heavy atom. The smallest absolute Gasteiger partial charge is 0.252 e. The summed E-state index contributed by atoms with van der Waals surface area (Å²) >= 11 is 2.24. The number of hydrogen-bond acceptors (Lipinski definition) is 1. The Hall–Kier alpha value is -0.580. The number of nitrogens with one attached hydrogen (secondary N) is 1. The second-order valence-electron chi connectivity index (χ2n) is 6.29. The van der Waals surface area contributed by atoms with Gasteiger partial charge in [0.15, 0.2) is 0 Å². The molecule has 0 spiro atoms. The average molecular weight is 357 g/mol. The molecular formula is C15H20INO. The lowest BCUT2D eigenvalue weighted by atomic mass is 10.0. The molecule has 1 saturated carbocycles. The standard InChI is InChI=1S/C15H20INO/c1-9-7-6-8-10(11(9)16)12(18)17-13-14(2,3)15(13,4)5/h6-8,13H,1-5H3,(H,17,18). The van der Waals surface area contributed by atoms with Gasteiger partial charge in [-0.25, -0.2) is 0 Å². The molecule has 2 nitrogen and oxygen atoms in total. The average Bonchev–Trinajstić information content (AvgIpc) is 2.65. The van der Waals surface area contributed by atoms with E-state index in [4.69, 9.17) is 0 Å². The van der Waals surface area contributed by atoms with Crippen molar-refractivity contribution in [3.05, 3.63) is 32.9 Å². The molecule has 1 amide bonds. The van der Waals surface area contributed by atoms with E-state index in [2.05, 4.69) is 55.6 Å². The molecule has 98 valence electrons. The molecule has 0 aliphatic heterocycles. The summed E-state index contributed by atoms with van der Waals surface area (Å²) in [6.07, 6.45) is 0. The minimum absolute atomic E-state index is 0.0479. The van der Waals surface area contributed by atoms with Gasteiger partial charge in [-0.1, -0.05) is 39.8 Å². The summed E-state index contributed by atoms with van der Waals surface area (Å²) < 4.78 is 1.05. The topological polar surface area (TPSA) is 29.1 Å². The predicted molar refractivity (Wildman–Crippen MR) is 82.7 cm³/mol. The van der Waals surface area contributed by atoms with E-state index in [1.165, 1.54) is 0 Å². The molecular weight excluding hydrogens is 337 g/mol. The SMILES string of the molecule is Cc1cccc(C(=O)NC2C(C)(C)C2(C)C)c1I. The van der Waals surface area contributed by atoms with E-state index >= 15 is 0 Å². The third-order valence-electron chi connectivity index (χ3n) is 4.73. The molecule has 1 N–H and O–H groups in total. The van der Waals surface area contributed by atoms with Crippen LogP contribution in [0.4, 0.5) is 0 Å². The van der Waals surface area contributed by atoms with Gasteiger partial charge >= 0.3 is 0 Å².